The van der Waals surface area contributed by atoms with Gasteiger partial charge in [0.25, 0.3) is 0 Å². The molecular weight excluding hydrogens is 700 g/mol. The van der Waals surface area contributed by atoms with E-state index in [0.717, 1.165) is 50.8 Å². The number of methoxy groups -OCH3 is 2. The molecular formula is C34H28F3N3O8S2. The van der Waals surface area contributed by atoms with Crippen molar-refractivity contribution < 1.29 is 46.6 Å². The largest absolute Gasteiger partial charge is 0.493 e. The van der Waals surface area contributed by atoms with Gasteiger partial charge in [0.1, 0.15) is 11.8 Å². The molecule has 0 saturated carbocycles. The number of nitrogens with one attached hydrogen (secondary N) is 1. The van der Waals surface area contributed by atoms with Crippen LogP contribution in [0.3, 0.4) is 0 Å². The van der Waals surface area contributed by atoms with Gasteiger partial charge in [-0.1, -0.05) is 35.2 Å². The summed E-state index contributed by atoms with van der Waals surface area (Å²) in [7, 11) is 2.90. The van der Waals surface area contributed by atoms with Crippen molar-refractivity contribution in [2.75, 3.05) is 31.0 Å². The molecule has 0 radical (unpaired) electrons. The molecule has 1 N–H and O–H groups in total. The Morgan fingerprint density at radius 2 is 1.64 bits per heavy atom. The summed E-state index contributed by atoms with van der Waals surface area (Å²) in [6, 6.07) is 14.9. The molecule has 6 rings (SSSR count). The van der Waals surface area contributed by atoms with Crippen molar-refractivity contribution in [1.82, 2.24) is 4.57 Å². The number of nitrogens with zero attached hydrogens (tertiary/aromatic N) is 2. The van der Waals surface area contributed by atoms with Crippen LogP contribution in [-0.2, 0) is 31.8 Å². The highest BCUT2D eigenvalue weighted by Gasteiger charge is 2.57. The fraction of sp³-hybridized carbons (Fsp3) is 0.265. The lowest BCUT2D eigenvalue weighted by atomic mass is 9.83. The number of hydrogen-bond donors (Lipinski definition) is 1. The van der Waals surface area contributed by atoms with E-state index in [9.17, 15) is 37.1 Å². The van der Waals surface area contributed by atoms with Gasteiger partial charge < -0.3 is 19.5 Å². The van der Waals surface area contributed by atoms with Crippen molar-refractivity contribution in [1.29, 1.82) is 0 Å². The van der Waals surface area contributed by atoms with E-state index in [4.69, 9.17) is 14.2 Å². The van der Waals surface area contributed by atoms with Crippen LogP contribution in [0.1, 0.15) is 39.2 Å². The van der Waals surface area contributed by atoms with Gasteiger partial charge in [0, 0.05) is 16.5 Å². The molecule has 50 heavy (non-hydrogen) atoms. The van der Waals surface area contributed by atoms with Gasteiger partial charge in [-0.25, -0.2) is 9.69 Å². The van der Waals surface area contributed by atoms with Crippen LogP contribution < -0.4 is 24.6 Å². The van der Waals surface area contributed by atoms with E-state index in [0.29, 0.717) is 21.9 Å². The van der Waals surface area contributed by atoms with Gasteiger partial charge in [-0.15, -0.1) is 0 Å². The first-order valence-corrected chi connectivity index (χ1v) is 16.8. The summed E-state index contributed by atoms with van der Waals surface area (Å²) < 4.78 is 56.8. The number of halogens is 3. The highest BCUT2D eigenvalue weighted by Crippen LogP contribution is 2.54. The third-order valence-electron chi connectivity index (χ3n) is 8.23. The summed E-state index contributed by atoms with van der Waals surface area (Å²) >= 11 is 1.78. The summed E-state index contributed by atoms with van der Waals surface area (Å²) in [6.45, 7) is 1.28. The monoisotopic (exact) mass is 727 g/mol. The van der Waals surface area contributed by atoms with Gasteiger partial charge in [-0.2, -0.15) is 13.2 Å². The van der Waals surface area contributed by atoms with Crippen LogP contribution in [0.15, 0.2) is 76.6 Å². The number of anilines is 2. The number of aromatic nitrogens is 1. The lowest BCUT2D eigenvalue weighted by Crippen LogP contribution is -2.33. The van der Waals surface area contributed by atoms with Crippen molar-refractivity contribution in [3.8, 4) is 11.5 Å². The number of thioether (sulfide) groups is 1. The van der Waals surface area contributed by atoms with Crippen LogP contribution in [0, 0.1) is 5.92 Å². The van der Waals surface area contributed by atoms with Gasteiger partial charge in [0.15, 0.2) is 11.5 Å². The normalized spacial score (nSPS) is 18.4. The van der Waals surface area contributed by atoms with E-state index >= 15 is 0 Å². The average molecular weight is 728 g/mol. The zero-order valence-corrected chi connectivity index (χ0v) is 28.2. The van der Waals surface area contributed by atoms with Gasteiger partial charge in [-0.05, 0) is 67.1 Å². The molecule has 0 spiro atoms. The fourth-order valence-electron chi connectivity index (χ4n) is 5.99. The van der Waals surface area contributed by atoms with Crippen LogP contribution in [-0.4, -0.2) is 54.3 Å². The number of imide groups is 1. The zero-order chi connectivity index (χ0) is 35.9. The van der Waals surface area contributed by atoms with E-state index in [1.54, 1.807) is 25.1 Å². The Bertz CT molecular complexity index is 2060. The maximum absolute atomic E-state index is 14.2. The predicted molar refractivity (Wildman–Crippen MR) is 178 cm³/mol. The molecule has 3 atom stereocenters. The quantitative estimate of drug-likeness (QED) is 0.174. The molecule has 3 heterocycles. The summed E-state index contributed by atoms with van der Waals surface area (Å²) in [5, 5.41) is 1.67. The first-order valence-electron chi connectivity index (χ1n) is 15.1. The summed E-state index contributed by atoms with van der Waals surface area (Å²) in [4.78, 5) is 68.0. The molecule has 260 valence electrons. The minimum Gasteiger partial charge on any atom is -0.493 e. The van der Waals surface area contributed by atoms with Gasteiger partial charge in [0.05, 0.1) is 48.6 Å². The molecule has 1 fully saturated rings. The second kappa shape index (κ2) is 13.7. The number of amides is 3. The predicted octanol–water partition coefficient (Wildman–Crippen LogP) is 5.56. The van der Waals surface area contributed by atoms with Crippen LogP contribution in [0.5, 0.6) is 11.5 Å². The summed E-state index contributed by atoms with van der Waals surface area (Å²) in [5.41, 5.74) is -0.0559. The number of ether oxygens (including phenoxy) is 3. The minimum atomic E-state index is -4.63. The maximum atomic E-state index is 14.2. The molecule has 3 aromatic carbocycles. The van der Waals surface area contributed by atoms with Crippen molar-refractivity contribution in [2.45, 2.75) is 35.8 Å². The highest BCUT2D eigenvalue weighted by molar-refractivity contribution is 8.00. The maximum Gasteiger partial charge on any atom is 0.416 e. The van der Waals surface area contributed by atoms with Crippen LogP contribution in [0.4, 0.5) is 24.5 Å². The Labute approximate surface area is 290 Å². The van der Waals surface area contributed by atoms with Gasteiger partial charge in [-0.3, -0.25) is 23.7 Å². The number of thiazole rings is 1. The second-order valence-electron chi connectivity index (χ2n) is 11.2. The number of alkyl halides is 3. The Balaban J connectivity index is 1.39. The number of carbonyl (C=O) groups is 4. The highest BCUT2D eigenvalue weighted by atomic mass is 32.2. The minimum absolute atomic E-state index is 0.112. The Hall–Kier alpha value is -5.09. The number of carbonyl (C=O) groups excluding carboxylic acids is 4. The zero-order valence-electron chi connectivity index (χ0n) is 26.6. The molecule has 1 saturated heterocycles. The van der Waals surface area contributed by atoms with Crippen molar-refractivity contribution in [2.24, 2.45) is 5.92 Å². The molecule has 0 bridgehead atoms. The number of benzene rings is 3. The third kappa shape index (κ3) is 6.35. The second-order valence-corrected chi connectivity index (χ2v) is 13.3. The van der Waals surface area contributed by atoms with Crippen LogP contribution in [0.25, 0.3) is 0 Å². The molecule has 2 unspecified atom stereocenters. The van der Waals surface area contributed by atoms with Crippen molar-refractivity contribution >= 4 is 58.2 Å². The Morgan fingerprint density at radius 3 is 2.30 bits per heavy atom. The van der Waals surface area contributed by atoms with Crippen LogP contribution in [0.2, 0.25) is 0 Å². The third-order valence-corrected chi connectivity index (χ3v) is 10.8. The first kappa shape index (κ1) is 34.8. The van der Waals surface area contributed by atoms with Gasteiger partial charge in [0.2, 0.25) is 17.7 Å². The van der Waals surface area contributed by atoms with E-state index in [1.165, 1.54) is 44.6 Å². The van der Waals surface area contributed by atoms with E-state index in [2.05, 4.69) is 5.32 Å². The number of rotatable bonds is 9. The number of hydrogen-bond acceptors (Lipinski definition) is 10. The van der Waals surface area contributed by atoms with Crippen LogP contribution >= 0.6 is 23.1 Å². The SMILES string of the molecule is CCOC(=O)c1ccc(N2C(=O)C3Sc4c(sc(=O)n4CC(=O)Nc4cccc(C(F)(F)F)c4)[C@H](c4ccc(OC)c(OC)c4)C3C2=O)cc1. The molecule has 4 aromatic rings. The standard InChI is InChI=1S/C34H28F3N3O8S2/c1-4-48-32(44)17-8-11-21(12-9-17)40-29(42)26-25(18-10-13-22(46-2)23(14-18)47-3)28-31(49-27(26)30(40)43)39(33(45)50-28)16-24(41)38-20-7-5-6-19(15-20)34(35,36)37/h5-15,25-27H,4,16H2,1-3H3,(H,38,41)/t25-,26?,27?/m1/s1. The molecule has 16 heteroatoms. The van der Waals surface area contributed by atoms with E-state index < -0.39 is 63.9 Å². The molecule has 3 amide bonds. The first-order chi connectivity index (χ1) is 23.9. The number of fused-ring (bicyclic) bond motifs is 2. The molecule has 1 aromatic heterocycles. The molecule has 2 aliphatic rings. The molecule has 2 aliphatic heterocycles. The average Bonchev–Trinajstić information content (AvgIpc) is 3.53. The summed E-state index contributed by atoms with van der Waals surface area (Å²) in [5.74, 6) is -3.48. The smallest absolute Gasteiger partial charge is 0.416 e. The topological polar surface area (TPSA) is 133 Å². The molecule has 0 aliphatic carbocycles. The number of esters is 1. The Morgan fingerprint density at radius 1 is 0.920 bits per heavy atom. The van der Waals surface area contributed by atoms with Crippen molar-refractivity contribution in [3.63, 3.8) is 0 Å². The van der Waals surface area contributed by atoms with Crippen molar-refractivity contribution in [3.05, 3.63) is 98.0 Å². The summed E-state index contributed by atoms with van der Waals surface area (Å²) in [6.07, 6.45) is -4.63. The van der Waals surface area contributed by atoms with E-state index in [-0.39, 0.29) is 28.6 Å². The molecule has 11 nitrogen and oxygen atoms in total. The fourth-order valence-corrected chi connectivity index (χ4v) is 8.77. The lowest BCUT2D eigenvalue weighted by Gasteiger charge is -2.31. The van der Waals surface area contributed by atoms with E-state index in [1.807, 2.05) is 0 Å². The van der Waals surface area contributed by atoms with Gasteiger partial charge >= 0.3 is 17.0 Å². The lowest BCUT2D eigenvalue weighted by molar-refractivity contribution is -0.137. The Kier molecular flexibility index (Phi) is 9.50.